The Labute approximate surface area is 149 Å². The number of hydrogen-bond acceptors (Lipinski definition) is 2. The second kappa shape index (κ2) is 6.45. The summed E-state index contributed by atoms with van der Waals surface area (Å²) in [7, 11) is 0. The van der Waals surface area contributed by atoms with E-state index in [0.717, 1.165) is 36.7 Å². The normalized spacial score (nSPS) is 23.1. The van der Waals surface area contributed by atoms with Crippen LogP contribution in [0.5, 0.6) is 0 Å². The number of aromatic nitrogens is 2. The number of benzene rings is 1. The number of nitrogens with one attached hydrogen (secondary N) is 1. The van der Waals surface area contributed by atoms with E-state index < -0.39 is 11.7 Å². The van der Waals surface area contributed by atoms with E-state index in [2.05, 4.69) is 9.97 Å². The lowest BCUT2D eigenvalue weighted by atomic mass is 9.89. The standard InChI is InChI=1S/C19H20F3N3O/c20-19(21,22)14-4-1-3-12(9-14)13-7-8-25(10-13)18(26)15-5-2-6-16-17(15)24-11-23-16/h1,3-4,9,11,13,15H,2,5-8,10H2,(H,23,24). The van der Waals surface area contributed by atoms with Gasteiger partial charge in [0.25, 0.3) is 0 Å². The summed E-state index contributed by atoms with van der Waals surface area (Å²) >= 11 is 0. The molecular formula is C19H20F3N3O. The van der Waals surface area contributed by atoms with Crippen LogP contribution < -0.4 is 0 Å². The second-order valence-corrected chi connectivity index (χ2v) is 7.10. The Kier molecular flexibility index (Phi) is 4.25. The van der Waals surface area contributed by atoms with Crippen molar-refractivity contribution in [3.63, 3.8) is 0 Å². The van der Waals surface area contributed by atoms with Crippen LogP contribution in [0.1, 0.15) is 53.6 Å². The van der Waals surface area contributed by atoms with Crippen molar-refractivity contribution in [2.45, 2.75) is 43.7 Å². The number of fused-ring (bicyclic) bond motifs is 1. The molecule has 0 bridgehead atoms. The molecule has 2 unspecified atom stereocenters. The highest BCUT2D eigenvalue weighted by Gasteiger charge is 2.36. The summed E-state index contributed by atoms with van der Waals surface area (Å²) in [5.74, 6) is -0.235. The summed E-state index contributed by atoms with van der Waals surface area (Å²) in [6.07, 6.45) is 0.603. The SMILES string of the molecule is O=C(C1CCCc2[nH]cnc21)N1CCC(c2cccc(C(F)(F)F)c2)C1. The summed E-state index contributed by atoms with van der Waals surface area (Å²) in [6.45, 7) is 1.05. The smallest absolute Gasteiger partial charge is 0.348 e. The van der Waals surface area contributed by atoms with Gasteiger partial charge in [-0.15, -0.1) is 0 Å². The molecule has 1 N–H and O–H groups in total. The molecule has 1 fully saturated rings. The number of likely N-dealkylation sites (tertiary alicyclic amines) is 1. The second-order valence-electron chi connectivity index (χ2n) is 7.10. The Balaban J connectivity index is 1.49. The van der Waals surface area contributed by atoms with Crippen molar-refractivity contribution in [3.8, 4) is 0 Å². The molecule has 26 heavy (non-hydrogen) atoms. The number of halogens is 3. The van der Waals surface area contributed by atoms with Gasteiger partial charge >= 0.3 is 6.18 Å². The molecule has 0 radical (unpaired) electrons. The molecule has 138 valence electrons. The number of rotatable bonds is 2. The Morgan fingerprint density at radius 3 is 2.92 bits per heavy atom. The number of amides is 1. The molecule has 2 atom stereocenters. The van der Waals surface area contributed by atoms with Crippen LogP contribution >= 0.6 is 0 Å². The third-order valence-corrected chi connectivity index (χ3v) is 5.48. The number of aromatic amines is 1. The summed E-state index contributed by atoms with van der Waals surface area (Å²) in [5.41, 5.74) is 1.89. The quantitative estimate of drug-likeness (QED) is 0.881. The van der Waals surface area contributed by atoms with Crippen molar-refractivity contribution >= 4 is 5.91 Å². The Morgan fingerprint density at radius 1 is 1.27 bits per heavy atom. The molecule has 7 heteroatoms. The van der Waals surface area contributed by atoms with Gasteiger partial charge in [0.2, 0.25) is 5.91 Å². The maximum atomic E-state index is 13.0. The number of carbonyl (C=O) groups excluding carboxylic acids is 1. The highest BCUT2D eigenvalue weighted by Crippen LogP contribution is 2.36. The minimum absolute atomic E-state index is 0.0486. The minimum atomic E-state index is -4.34. The molecule has 4 nitrogen and oxygen atoms in total. The maximum Gasteiger partial charge on any atom is 0.416 e. The molecule has 1 aromatic heterocycles. The van der Waals surface area contributed by atoms with Crippen LogP contribution in [0.3, 0.4) is 0 Å². The van der Waals surface area contributed by atoms with E-state index in [0.29, 0.717) is 25.1 Å². The largest absolute Gasteiger partial charge is 0.416 e. The van der Waals surface area contributed by atoms with Gasteiger partial charge in [-0.05, 0) is 37.3 Å². The Morgan fingerprint density at radius 2 is 2.12 bits per heavy atom. The molecule has 1 aliphatic carbocycles. The van der Waals surface area contributed by atoms with Crippen molar-refractivity contribution in [1.82, 2.24) is 14.9 Å². The van der Waals surface area contributed by atoms with Crippen molar-refractivity contribution in [2.24, 2.45) is 0 Å². The van der Waals surface area contributed by atoms with E-state index in [-0.39, 0.29) is 17.7 Å². The maximum absolute atomic E-state index is 13.0. The zero-order valence-corrected chi connectivity index (χ0v) is 14.2. The summed E-state index contributed by atoms with van der Waals surface area (Å²) in [5, 5.41) is 0. The topological polar surface area (TPSA) is 49.0 Å². The highest BCUT2D eigenvalue weighted by molar-refractivity contribution is 5.84. The number of imidazole rings is 1. The Bertz CT molecular complexity index is 814. The number of alkyl halides is 3. The van der Waals surface area contributed by atoms with Crippen LogP contribution in [0, 0.1) is 0 Å². The zero-order valence-electron chi connectivity index (χ0n) is 14.2. The predicted octanol–water partition coefficient (Wildman–Crippen LogP) is 3.86. The highest BCUT2D eigenvalue weighted by atomic mass is 19.4. The molecular weight excluding hydrogens is 343 g/mol. The van der Waals surface area contributed by atoms with Gasteiger partial charge in [0, 0.05) is 24.7 Å². The molecule has 0 saturated carbocycles. The van der Waals surface area contributed by atoms with E-state index in [1.165, 1.54) is 12.1 Å². The zero-order chi connectivity index (χ0) is 18.3. The first kappa shape index (κ1) is 17.1. The molecule has 1 aromatic carbocycles. The van der Waals surface area contributed by atoms with Crippen molar-refractivity contribution < 1.29 is 18.0 Å². The molecule has 4 rings (SSSR count). The predicted molar refractivity (Wildman–Crippen MR) is 89.6 cm³/mol. The van der Waals surface area contributed by atoms with Gasteiger partial charge in [0.05, 0.1) is 23.5 Å². The molecule has 2 heterocycles. The van der Waals surface area contributed by atoms with Crippen LogP contribution in [0.25, 0.3) is 0 Å². The van der Waals surface area contributed by atoms with Gasteiger partial charge in [-0.3, -0.25) is 4.79 Å². The lowest BCUT2D eigenvalue weighted by Gasteiger charge is -2.26. The fourth-order valence-corrected chi connectivity index (χ4v) is 4.11. The van der Waals surface area contributed by atoms with Crippen LogP contribution in [0.15, 0.2) is 30.6 Å². The number of hydrogen-bond donors (Lipinski definition) is 1. The van der Waals surface area contributed by atoms with E-state index >= 15 is 0 Å². The van der Waals surface area contributed by atoms with Gasteiger partial charge in [-0.25, -0.2) is 4.98 Å². The van der Waals surface area contributed by atoms with Crippen molar-refractivity contribution in [3.05, 3.63) is 53.1 Å². The number of H-pyrrole nitrogens is 1. The minimum Gasteiger partial charge on any atom is -0.348 e. The molecule has 1 amide bonds. The first-order valence-corrected chi connectivity index (χ1v) is 8.91. The molecule has 2 aliphatic rings. The van der Waals surface area contributed by atoms with E-state index in [4.69, 9.17) is 0 Å². The monoisotopic (exact) mass is 363 g/mol. The number of carbonyl (C=O) groups is 1. The summed E-state index contributed by atoms with van der Waals surface area (Å²) in [4.78, 5) is 22.2. The average Bonchev–Trinajstić information content (AvgIpc) is 3.29. The van der Waals surface area contributed by atoms with E-state index in [9.17, 15) is 18.0 Å². The third-order valence-electron chi connectivity index (χ3n) is 5.48. The fourth-order valence-electron chi connectivity index (χ4n) is 4.11. The molecule has 0 spiro atoms. The van der Waals surface area contributed by atoms with Crippen molar-refractivity contribution in [2.75, 3.05) is 13.1 Å². The van der Waals surface area contributed by atoms with Gasteiger partial charge < -0.3 is 9.88 Å². The van der Waals surface area contributed by atoms with Crippen LogP contribution in [-0.2, 0) is 17.4 Å². The number of nitrogens with zero attached hydrogens (tertiary/aromatic N) is 2. The first-order valence-electron chi connectivity index (χ1n) is 8.91. The lowest BCUT2D eigenvalue weighted by Crippen LogP contribution is -2.34. The van der Waals surface area contributed by atoms with Crippen molar-refractivity contribution in [1.29, 1.82) is 0 Å². The Hall–Kier alpha value is -2.31. The van der Waals surface area contributed by atoms with Crippen LogP contribution in [0.2, 0.25) is 0 Å². The van der Waals surface area contributed by atoms with Gasteiger partial charge in [0.15, 0.2) is 0 Å². The number of aryl methyl sites for hydroxylation is 1. The van der Waals surface area contributed by atoms with Crippen LogP contribution in [0.4, 0.5) is 13.2 Å². The third kappa shape index (κ3) is 3.10. The van der Waals surface area contributed by atoms with Gasteiger partial charge in [-0.1, -0.05) is 18.2 Å². The molecule has 2 aromatic rings. The first-order chi connectivity index (χ1) is 12.4. The molecule has 1 saturated heterocycles. The van der Waals surface area contributed by atoms with E-state index in [1.54, 1.807) is 17.3 Å². The average molecular weight is 363 g/mol. The van der Waals surface area contributed by atoms with Crippen LogP contribution in [-0.4, -0.2) is 33.9 Å². The van der Waals surface area contributed by atoms with E-state index in [1.807, 2.05) is 0 Å². The summed E-state index contributed by atoms with van der Waals surface area (Å²) in [6, 6.07) is 5.47. The fraction of sp³-hybridized carbons (Fsp3) is 0.474. The summed E-state index contributed by atoms with van der Waals surface area (Å²) < 4.78 is 38.8. The van der Waals surface area contributed by atoms with Gasteiger partial charge in [-0.2, -0.15) is 13.2 Å². The van der Waals surface area contributed by atoms with Gasteiger partial charge in [0.1, 0.15) is 0 Å². The molecule has 1 aliphatic heterocycles. The lowest BCUT2D eigenvalue weighted by molar-refractivity contribution is -0.137.